The second-order valence-corrected chi connectivity index (χ2v) is 4.13. The molecule has 2 aromatic carbocycles. The lowest BCUT2D eigenvalue weighted by molar-refractivity contribution is 0.174. The molecule has 0 radical (unpaired) electrons. The highest BCUT2D eigenvalue weighted by Gasteiger charge is 2.14. The van der Waals surface area contributed by atoms with Crippen molar-refractivity contribution in [2.24, 2.45) is 0 Å². The number of ether oxygens (including phenoxy) is 3. The highest BCUT2D eigenvalue weighted by Crippen LogP contribution is 2.37. The molecule has 0 aliphatic carbocycles. The number of alkyl halides is 1. The van der Waals surface area contributed by atoms with Crippen LogP contribution in [0, 0.1) is 0 Å². The van der Waals surface area contributed by atoms with Crippen LogP contribution in [0.4, 0.5) is 0 Å². The number of halogens is 1. The Labute approximate surface area is 110 Å². The summed E-state index contributed by atoms with van der Waals surface area (Å²) < 4.78 is 16.4. The van der Waals surface area contributed by atoms with E-state index in [1.165, 1.54) is 0 Å². The molecular formula is C14H11ClO3. The van der Waals surface area contributed by atoms with Crippen molar-refractivity contribution in [1.82, 2.24) is 0 Å². The van der Waals surface area contributed by atoms with E-state index < -0.39 is 0 Å². The number of rotatable bonds is 3. The highest BCUT2D eigenvalue weighted by molar-refractivity contribution is 6.17. The quantitative estimate of drug-likeness (QED) is 0.784. The monoisotopic (exact) mass is 262 g/mol. The summed E-state index contributed by atoms with van der Waals surface area (Å²) in [6.07, 6.45) is 0. The van der Waals surface area contributed by atoms with Crippen LogP contribution in [0.1, 0.15) is 5.56 Å². The fraction of sp³-hybridized carbons (Fsp3) is 0.143. The van der Waals surface area contributed by atoms with Crippen molar-refractivity contribution >= 4 is 11.6 Å². The second-order valence-electron chi connectivity index (χ2n) is 3.86. The normalized spacial score (nSPS) is 12.5. The Morgan fingerprint density at radius 3 is 2.78 bits per heavy atom. The van der Waals surface area contributed by atoms with E-state index in [1.807, 2.05) is 42.5 Å². The molecule has 1 heterocycles. The molecule has 0 bridgehead atoms. The van der Waals surface area contributed by atoms with Crippen LogP contribution in [0.15, 0.2) is 42.5 Å². The van der Waals surface area contributed by atoms with Crippen molar-refractivity contribution in [2.45, 2.75) is 5.88 Å². The van der Waals surface area contributed by atoms with Crippen LogP contribution in [-0.4, -0.2) is 6.79 Å². The third-order valence-electron chi connectivity index (χ3n) is 2.69. The number of hydrogen-bond donors (Lipinski definition) is 0. The summed E-state index contributed by atoms with van der Waals surface area (Å²) >= 11 is 5.87. The van der Waals surface area contributed by atoms with Gasteiger partial charge in [0.15, 0.2) is 11.5 Å². The standard InChI is InChI=1S/C14H11ClO3/c15-8-10-3-1-2-4-12(10)18-11-5-6-13-14(7-11)17-9-16-13/h1-7H,8-9H2. The van der Waals surface area contributed by atoms with Crippen LogP contribution in [0.5, 0.6) is 23.0 Å². The number of hydrogen-bond acceptors (Lipinski definition) is 3. The third-order valence-corrected chi connectivity index (χ3v) is 2.98. The van der Waals surface area contributed by atoms with Gasteiger partial charge in [0.1, 0.15) is 11.5 Å². The summed E-state index contributed by atoms with van der Waals surface area (Å²) in [5.74, 6) is 3.33. The zero-order chi connectivity index (χ0) is 12.4. The molecule has 0 spiro atoms. The molecule has 18 heavy (non-hydrogen) atoms. The third kappa shape index (κ3) is 2.09. The minimum absolute atomic E-state index is 0.261. The summed E-state index contributed by atoms with van der Waals surface area (Å²) in [4.78, 5) is 0. The SMILES string of the molecule is ClCc1ccccc1Oc1ccc2c(c1)OCO2. The van der Waals surface area contributed by atoms with Gasteiger partial charge in [-0.25, -0.2) is 0 Å². The van der Waals surface area contributed by atoms with Gasteiger partial charge in [-0.2, -0.15) is 0 Å². The molecule has 0 saturated heterocycles. The summed E-state index contributed by atoms with van der Waals surface area (Å²) in [6.45, 7) is 0.261. The molecule has 92 valence electrons. The van der Waals surface area contributed by atoms with Gasteiger partial charge in [-0.3, -0.25) is 0 Å². The maximum absolute atomic E-state index is 5.87. The predicted octanol–water partition coefficient (Wildman–Crippen LogP) is 3.95. The molecule has 3 rings (SSSR count). The molecule has 0 fully saturated rings. The van der Waals surface area contributed by atoms with Crippen LogP contribution in [-0.2, 0) is 5.88 Å². The summed E-state index contributed by atoms with van der Waals surface area (Å²) in [5, 5.41) is 0. The number of fused-ring (bicyclic) bond motifs is 1. The van der Waals surface area contributed by atoms with Gasteiger partial charge in [-0.1, -0.05) is 18.2 Å². The molecule has 3 nitrogen and oxygen atoms in total. The Morgan fingerprint density at radius 1 is 1.06 bits per heavy atom. The molecule has 0 N–H and O–H groups in total. The van der Waals surface area contributed by atoms with Crippen molar-refractivity contribution < 1.29 is 14.2 Å². The Kier molecular flexibility index (Phi) is 2.99. The first-order chi connectivity index (χ1) is 8.86. The van der Waals surface area contributed by atoms with E-state index in [1.54, 1.807) is 0 Å². The Hall–Kier alpha value is -1.87. The maximum atomic E-state index is 5.87. The summed E-state index contributed by atoms with van der Waals surface area (Å²) in [7, 11) is 0. The zero-order valence-electron chi connectivity index (χ0n) is 9.56. The fourth-order valence-electron chi connectivity index (χ4n) is 1.78. The van der Waals surface area contributed by atoms with Gasteiger partial charge in [0.05, 0.1) is 5.88 Å². The van der Waals surface area contributed by atoms with Gasteiger partial charge in [0.25, 0.3) is 0 Å². The molecule has 2 aromatic rings. The van der Waals surface area contributed by atoms with Crippen molar-refractivity contribution in [3.8, 4) is 23.0 Å². The lowest BCUT2D eigenvalue weighted by atomic mass is 10.2. The summed E-state index contributed by atoms with van der Waals surface area (Å²) in [5.41, 5.74) is 0.955. The van der Waals surface area contributed by atoms with E-state index in [2.05, 4.69) is 0 Å². The minimum atomic E-state index is 0.261. The maximum Gasteiger partial charge on any atom is 0.231 e. The van der Waals surface area contributed by atoms with Crippen molar-refractivity contribution in [1.29, 1.82) is 0 Å². The zero-order valence-corrected chi connectivity index (χ0v) is 10.3. The smallest absolute Gasteiger partial charge is 0.231 e. The number of para-hydroxylation sites is 1. The van der Waals surface area contributed by atoms with E-state index in [0.29, 0.717) is 17.4 Å². The lowest BCUT2D eigenvalue weighted by Gasteiger charge is -2.09. The van der Waals surface area contributed by atoms with E-state index in [0.717, 1.165) is 17.1 Å². The average Bonchev–Trinajstić information content (AvgIpc) is 2.87. The molecule has 1 aliphatic heterocycles. The largest absolute Gasteiger partial charge is 0.457 e. The van der Waals surface area contributed by atoms with Gasteiger partial charge in [0.2, 0.25) is 6.79 Å². The molecule has 0 amide bonds. The van der Waals surface area contributed by atoms with Gasteiger partial charge in [-0.05, 0) is 18.2 Å². The Morgan fingerprint density at radius 2 is 1.89 bits per heavy atom. The molecule has 0 saturated carbocycles. The van der Waals surface area contributed by atoms with Gasteiger partial charge in [0, 0.05) is 11.6 Å². The Balaban J connectivity index is 1.88. The molecule has 0 unspecified atom stereocenters. The first-order valence-electron chi connectivity index (χ1n) is 5.58. The summed E-state index contributed by atoms with van der Waals surface area (Å²) in [6, 6.07) is 13.2. The molecule has 0 aromatic heterocycles. The Bertz CT molecular complexity index is 569. The number of benzene rings is 2. The van der Waals surface area contributed by atoms with E-state index >= 15 is 0 Å². The fourth-order valence-corrected chi connectivity index (χ4v) is 2.00. The van der Waals surface area contributed by atoms with Crippen molar-refractivity contribution in [3.63, 3.8) is 0 Å². The van der Waals surface area contributed by atoms with Crippen LogP contribution >= 0.6 is 11.6 Å². The van der Waals surface area contributed by atoms with Gasteiger partial charge >= 0.3 is 0 Å². The van der Waals surface area contributed by atoms with Crippen molar-refractivity contribution in [3.05, 3.63) is 48.0 Å². The molecule has 4 heteroatoms. The van der Waals surface area contributed by atoms with E-state index in [-0.39, 0.29) is 6.79 Å². The first-order valence-corrected chi connectivity index (χ1v) is 6.11. The van der Waals surface area contributed by atoms with Crippen LogP contribution < -0.4 is 14.2 Å². The highest BCUT2D eigenvalue weighted by atomic mass is 35.5. The van der Waals surface area contributed by atoms with Crippen LogP contribution in [0.3, 0.4) is 0 Å². The second kappa shape index (κ2) is 4.78. The van der Waals surface area contributed by atoms with E-state index in [4.69, 9.17) is 25.8 Å². The molecule has 1 aliphatic rings. The topological polar surface area (TPSA) is 27.7 Å². The van der Waals surface area contributed by atoms with Crippen LogP contribution in [0.25, 0.3) is 0 Å². The molecule has 0 atom stereocenters. The predicted molar refractivity (Wildman–Crippen MR) is 68.6 cm³/mol. The van der Waals surface area contributed by atoms with Gasteiger partial charge < -0.3 is 14.2 Å². The van der Waals surface area contributed by atoms with Crippen molar-refractivity contribution in [2.75, 3.05) is 6.79 Å². The van der Waals surface area contributed by atoms with Gasteiger partial charge in [-0.15, -0.1) is 11.6 Å². The lowest BCUT2D eigenvalue weighted by Crippen LogP contribution is -1.93. The van der Waals surface area contributed by atoms with E-state index in [9.17, 15) is 0 Å². The first kappa shape index (κ1) is 11.2. The average molecular weight is 263 g/mol. The van der Waals surface area contributed by atoms with Crippen LogP contribution in [0.2, 0.25) is 0 Å². The minimum Gasteiger partial charge on any atom is -0.457 e. The molecular weight excluding hydrogens is 252 g/mol.